The second kappa shape index (κ2) is 12.0. The molecule has 1 fully saturated rings. The summed E-state index contributed by atoms with van der Waals surface area (Å²) in [4.78, 5) is 22.9. The minimum atomic E-state index is -0.305. The number of benzene rings is 2. The van der Waals surface area contributed by atoms with Crippen molar-refractivity contribution in [2.45, 2.75) is 19.3 Å². The number of hydrogen-bond acceptors (Lipinski definition) is 6. The molecule has 1 saturated heterocycles. The van der Waals surface area contributed by atoms with Gasteiger partial charge in [-0.05, 0) is 78.9 Å². The molecule has 0 spiro atoms. The molecule has 0 bridgehead atoms. The number of nitrogens with zero attached hydrogens (tertiary/aromatic N) is 3. The van der Waals surface area contributed by atoms with E-state index in [-0.39, 0.29) is 6.09 Å². The van der Waals surface area contributed by atoms with E-state index in [0.717, 1.165) is 36.3 Å². The van der Waals surface area contributed by atoms with E-state index in [4.69, 9.17) is 14.2 Å². The predicted octanol–water partition coefficient (Wildman–Crippen LogP) is 6.15. The zero-order valence-corrected chi connectivity index (χ0v) is 20.5. The van der Waals surface area contributed by atoms with Crippen molar-refractivity contribution in [2.24, 2.45) is 5.92 Å². The Balaban J connectivity index is 1.03. The molecule has 188 valence electrons. The van der Waals surface area contributed by atoms with E-state index in [0.29, 0.717) is 43.0 Å². The third-order valence-corrected chi connectivity index (χ3v) is 6.28. The van der Waals surface area contributed by atoms with E-state index in [1.807, 2.05) is 84.9 Å². The molecule has 0 saturated carbocycles. The lowest BCUT2D eigenvalue weighted by molar-refractivity contribution is 0.117. The average molecular weight is 496 g/mol. The van der Waals surface area contributed by atoms with Crippen molar-refractivity contribution in [1.29, 1.82) is 0 Å². The van der Waals surface area contributed by atoms with Crippen LogP contribution in [-0.2, 0) is 6.42 Å². The number of carbonyl (C=O) groups is 1. The van der Waals surface area contributed by atoms with E-state index in [1.165, 1.54) is 0 Å². The number of aromatic nitrogens is 2. The summed E-state index contributed by atoms with van der Waals surface area (Å²) in [5.41, 5.74) is 2.13. The zero-order chi connectivity index (χ0) is 25.3. The number of pyridine rings is 2. The molecule has 7 heteroatoms. The lowest BCUT2D eigenvalue weighted by Crippen LogP contribution is -2.41. The maximum Gasteiger partial charge on any atom is 0.415 e. The first-order valence-corrected chi connectivity index (χ1v) is 12.5. The van der Waals surface area contributed by atoms with E-state index < -0.39 is 0 Å². The van der Waals surface area contributed by atoms with E-state index in [9.17, 15) is 4.79 Å². The molecule has 2 aromatic heterocycles. The van der Waals surface area contributed by atoms with Crippen LogP contribution < -0.4 is 14.2 Å². The Bertz CT molecular complexity index is 1260. The predicted molar refractivity (Wildman–Crippen MR) is 140 cm³/mol. The second-order valence-electron chi connectivity index (χ2n) is 8.99. The van der Waals surface area contributed by atoms with Crippen molar-refractivity contribution in [3.05, 3.63) is 109 Å². The van der Waals surface area contributed by atoms with Crippen molar-refractivity contribution in [3.63, 3.8) is 0 Å². The van der Waals surface area contributed by atoms with Gasteiger partial charge in [-0.25, -0.2) is 9.78 Å². The van der Waals surface area contributed by atoms with Gasteiger partial charge in [-0.1, -0.05) is 24.3 Å². The largest absolute Gasteiger partial charge is 0.493 e. The van der Waals surface area contributed by atoms with Crippen LogP contribution in [0.1, 0.15) is 24.1 Å². The number of piperidine rings is 1. The monoisotopic (exact) mass is 495 g/mol. The van der Waals surface area contributed by atoms with Crippen molar-refractivity contribution in [2.75, 3.05) is 19.7 Å². The summed E-state index contributed by atoms with van der Waals surface area (Å²) in [7, 11) is 0. The Kier molecular flexibility index (Phi) is 7.91. The van der Waals surface area contributed by atoms with Crippen LogP contribution in [0.25, 0.3) is 0 Å². The molecule has 0 aliphatic carbocycles. The fourth-order valence-electron chi connectivity index (χ4n) is 4.18. The van der Waals surface area contributed by atoms with Crippen molar-refractivity contribution < 1.29 is 19.0 Å². The molecule has 2 aromatic carbocycles. The number of amides is 1. The molecule has 1 amide bonds. The van der Waals surface area contributed by atoms with Crippen LogP contribution in [0.15, 0.2) is 97.3 Å². The molecule has 5 rings (SSSR count). The van der Waals surface area contributed by atoms with Gasteiger partial charge in [0.05, 0.1) is 6.61 Å². The lowest BCUT2D eigenvalue weighted by Gasteiger charge is -2.31. The molecule has 3 heterocycles. The first kappa shape index (κ1) is 24.3. The SMILES string of the molecule is O=C(Oc1ccc(Cc2ccccn2)cc1)N1CCC(COc2ccc(Oc3ccccn3)cc2)CC1. The smallest absolute Gasteiger partial charge is 0.415 e. The van der Waals surface area contributed by atoms with Gasteiger partial charge in [-0.3, -0.25) is 4.98 Å². The Labute approximate surface area is 216 Å². The van der Waals surface area contributed by atoms with Crippen LogP contribution in [0.2, 0.25) is 0 Å². The first-order valence-electron chi connectivity index (χ1n) is 12.5. The van der Waals surface area contributed by atoms with Gasteiger partial charge in [0, 0.05) is 43.7 Å². The van der Waals surface area contributed by atoms with Crippen LogP contribution in [0.3, 0.4) is 0 Å². The Morgan fingerprint density at radius 1 is 0.784 bits per heavy atom. The molecule has 0 N–H and O–H groups in total. The summed E-state index contributed by atoms with van der Waals surface area (Å²) in [5, 5.41) is 0. The summed E-state index contributed by atoms with van der Waals surface area (Å²) in [5.74, 6) is 3.00. The first-order chi connectivity index (χ1) is 18.2. The van der Waals surface area contributed by atoms with Gasteiger partial charge in [-0.2, -0.15) is 0 Å². The lowest BCUT2D eigenvalue weighted by atomic mass is 9.98. The van der Waals surface area contributed by atoms with Crippen LogP contribution >= 0.6 is 0 Å². The number of likely N-dealkylation sites (tertiary alicyclic amines) is 1. The standard InChI is InChI=1S/C30H29N3O4/c34-30(37-28-9-7-23(8-10-28)21-25-5-1-3-17-31-25)33-19-15-24(16-20-33)22-35-26-11-13-27(14-12-26)36-29-6-2-4-18-32-29/h1-14,17-18,24H,15-16,19-22H2. The molecule has 0 atom stereocenters. The maximum atomic E-state index is 12.6. The summed E-state index contributed by atoms with van der Waals surface area (Å²) in [6.07, 6.45) is 5.67. The Morgan fingerprint density at radius 2 is 1.46 bits per heavy atom. The topological polar surface area (TPSA) is 73.8 Å². The van der Waals surface area contributed by atoms with E-state index in [2.05, 4.69) is 9.97 Å². The summed E-state index contributed by atoms with van der Waals surface area (Å²) in [6, 6.07) is 26.6. The van der Waals surface area contributed by atoms with Crippen molar-refractivity contribution >= 4 is 6.09 Å². The molecule has 1 aliphatic rings. The Morgan fingerprint density at radius 3 is 2.14 bits per heavy atom. The third kappa shape index (κ3) is 7.07. The van der Waals surface area contributed by atoms with Gasteiger partial charge in [0.25, 0.3) is 0 Å². The van der Waals surface area contributed by atoms with Gasteiger partial charge in [0.1, 0.15) is 17.2 Å². The molecule has 0 unspecified atom stereocenters. The van der Waals surface area contributed by atoms with Gasteiger partial charge in [0.15, 0.2) is 0 Å². The third-order valence-electron chi connectivity index (χ3n) is 6.28. The molecular formula is C30H29N3O4. The van der Waals surface area contributed by atoms with Crippen molar-refractivity contribution in [1.82, 2.24) is 14.9 Å². The summed E-state index contributed by atoms with van der Waals surface area (Å²) in [6.45, 7) is 1.92. The minimum Gasteiger partial charge on any atom is -0.493 e. The average Bonchev–Trinajstić information content (AvgIpc) is 2.95. The van der Waals surface area contributed by atoms with E-state index in [1.54, 1.807) is 17.3 Å². The molecule has 7 nitrogen and oxygen atoms in total. The van der Waals surface area contributed by atoms with Gasteiger partial charge < -0.3 is 19.1 Å². The number of ether oxygens (including phenoxy) is 3. The fraction of sp³-hybridized carbons (Fsp3) is 0.233. The van der Waals surface area contributed by atoms with Gasteiger partial charge in [0.2, 0.25) is 5.88 Å². The highest BCUT2D eigenvalue weighted by Gasteiger charge is 2.24. The minimum absolute atomic E-state index is 0.305. The summed E-state index contributed by atoms with van der Waals surface area (Å²) >= 11 is 0. The molecule has 37 heavy (non-hydrogen) atoms. The zero-order valence-electron chi connectivity index (χ0n) is 20.5. The molecule has 1 aliphatic heterocycles. The highest BCUT2D eigenvalue weighted by atomic mass is 16.6. The fourth-order valence-corrected chi connectivity index (χ4v) is 4.18. The van der Waals surface area contributed by atoms with Crippen LogP contribution in [0, 0.1) is 5.92 Å². The second-order valence-corrected chi connectivity index (χ2v) is 8.99. The van der Waals surface area contributed by atoms with Crippen LogP contribution in [0.4, 0.5) is 4.79 Å². The Hall–Kier alpha value is -4.39. The number of rotatable bonds is 8. The van der Waals surface area contributed by atoms with Crippen LogP contribution in [-0.4, -0.2) is 40.7 Å². The highest BCUT2D eigenvalue weighted by molar-refractivity contribution is 5.70. The normalized spacial score (nSPS) is 13.7. The number of hydrogen-bond donors (Lipinski definition) is 0. The maximum absolute atomic E-state index is 12.6. The van der Waals surface area contributed by atoms with Gasteiger partial charge in [-0.15, -0.1) is 0 Å². The summed E-state index contributed by atoms with van der Waals surface area (Å²) < 4.78 is 17.3. The molecule has 4 aromatic rings. The van der Waals surface area contributed by atoms with Gasteiger partial charge >= 0.3 is 6.09 Å². The van der Waals surface area contributed by atoms with Crippen LogP contribution in [0.5, 0.6) is 23.1 Å². The van der Waals surface area contributed by atoms with E-state index >= 15 is 0 Å². The highest BCUT2D eigenvalue weighted by Crippen LogP contribution is 2.24. The quantitative estimate of drug-likeness (QED) is 0.292. The van der Waals surface area contributed by atoms with Crippen molar-refractivity contribution in [3.8, 4) is 23.1 Å². The number of carbonyl (C=O) groups excluding carboxylic acids is 1. The molecule has 0 radical (unpaired) electrons. The molecular weight excluding hydrogens is 466 g/mol.